The molecular weight excluding hydrogens is 404 g/mol. The molecule has 0 saturated carbocycles. The molecule has 170 valence electrons. The standard InChI is InChI=1S/C23H36O6S/c1-4-6-9-12-19(24)16-15-18-17-21(30(27,28)5-2)23(26)20(18)13-10-7-8-11-14-22(25)29-3/h13,15-19,24H,4-12,14H2,1-3H3. The number of methoxy groups -OCH3 is 1. The summed E-state index contributed by atoms with van der Waals surface area (Å²) >= 11 is 0. The van der Waals surface area contributed by atoms with Gasteiger partial charge in [-0.2, -0.15) is 0 Å². The SMILES string of the molecule is CCCCCC(O)C=CC1C=C(S(=O)(=O)CC)C(=O)C1=CCCCCCC(=O)OC. The van der Waals surface area contributed by atoms with Gasteiger partial charge in [0.15, 0.2) is 9.84 Å². The highest BCUT2D eigenvalue weighted by atomic mass is 32.2. The number of sulfone groups is 1. The van der Waals surface area contributed by atoms with E-state index in [0.29, 0.717) is 31.3 Å². The van der Waals surface area contributed by atoms with Crippen LogP contribution < -0.4 is 0 Å². The number of allylic oxidation sites excluding steroid dienone is 5. The molecule has 30 heavy (non-hydrogen) atoms. The summed E-state index contributed by atoms with van der Waals surface area (Å²) in [5.74, 6) is -1.24. The van der Waals surface area contributed by atoms with Gasteiger partial charge in [0.05, 0.1) is 19.0 Å². The lowest BCUT2D eigenvalue weighted by Gasteiger charge is -2.08. The predicted molar refractivity (Wildman–Crippen MR) is 119 cm³/mol. The Labute approximate surface area is 181 Å². The second-order valence-corrected chi connectivity index (χ2v) is 9.82. The van der Waals surface area contributed by atoms with Crippen molar-refractivity contribution in [1.82, 2.24) is 0 Å². The summed E-state index contributed by atoms with van der Waals surface area (Å²) in [5, 5.41) is 10.1. The number of carbonyl (C=O) groups excluding carboxylic acids is 2. The van der Waals surface area contributed by atoms with Crippen molar-refractivity contribution in [2.24, 2.45) is 5.92 Å². The number of ether oxygens (including phenoxy) is 1. The van der Waals surface area contributed by atoms with Crippen LogP contribution in [0.5, 0.6) is 0 Å². The van der Waals surface area contributed by atoms with Gasteiger partial charge in [0.1, 0.15) is 4.91 Å². The summed E-state index contributed by atoms with van der Waals surface area (Å²) in [6.07, 6.45) is 13.1. The average molecular weight is 441 g/mol. The molecule has 0 aromatic carbocycles. The molecular formula is C23H36O6S. The van der Waals surface area contributed by atoms with Gasteiger partial charge in [-0.1, -0.05) is 63.8 Å². The molecule has 0 aromatic rings. The number of Topliss-reactive ketones (excluding diaryl/α,β-unsaturated/α-hetero) is 1. The number of ketones is 1. The fourth-order valence-electron chi connectivity index (χ4n) is 3.31. The monoisotopic (exact) mass is 440 g/mol. The van der Waals surface area contributed by atoms with Crippen LogP contribution in [0, 0.1) is 5.92 Å². The van der Waals surface area contributed by atoms with Gasteiger partial charge in [-0.05, 0) is 25.7 Å². The van der Waals surface area contributed by atoms with E-state index < -0.39 is 27.6 Å². The molecule has 1 aliphatic rings. The van der Waals surface area contributed by atoms with Crippen molar-refractivity contribution in [3.8, 4) is 0 Å². The highest BCUT2D eigenvalue weighted by Gasteiger charge is 2.34. The number of hydrogen-bond donors (Lipinski definition) is 1. The van der Waals surface area contributed by atoms with Crippen LogP contribution in [-0.4, -0.2) is 44.2 Å². The first-order chi connectivity index (χ1) is 14.3. The van der Waals surface area contributed by atoms with Crippen LogP contribution in [-0.2, 0) is 24.2 Å². The third-order valence-electron chi connectivity index (χ3n) is 5.21. The van der Waals surface area contributed by atoms with Crippen LogP contribution in [0.4, 0.5) is 0 Å². The molecule has 0 bridgehead atoms. The largest absolute Gasteiger partial charge is 0.469 e. The van der Waals surface area contributed by atoms with Crippen molar-refractivity contribution < 1.29 is 27.9 Å². The highest BCUT2D eigenvalue weighted by Crippen LogP contribution is 2.32. The van der Waals surface area contributed by atoms with Crippen LogP contribution in [0.15, 0.2) is 34.8 Å². The van der Waals surface area contributed by atoms with Crippen molar-refractivity contribution in [3.63, 3.8) is 0 Å². The zero-order chi connectivity index (χ0) is 22.6. The zero-order valence-corrected chi connectivity index (χ0v) is 19.2. The summed E-state index contributed by atoms with van der Waals surface area (Å²) < 4.78 is 29.2. The first kappa shape index (κ1) is 26.3. The molecule has 1 N–H and O–H groups in total. The van der Waals surface area contributed by atoms with Gasteiger partial charge < -0.3 is 9.84 Å². The van der Waals surface area contributed by atoms with Gasteiger partial charge in [-0.15, -0.1) is 0 Å². The molecule has 0 spiro atoms. The molecule has 2 atom stereocenters. The van der Waals surface area contributed by atoms with Crippen LogP contribution >= 0.6 is 0 Å². The molecule has 1 rings (SSSR count). The Morgan fingerprint density at radius 2 is 1.93 bits per heavy atom. The van der Waals surface area contributed by atoms with Gasteiger partial charge >= 0.3 is 5.97 Å². The Morgan fingerprint density at radius 3 is 2.57 bits per heavy atom. The fourth-order valence-corrected chi connectivity index (χ4v) is 4.37. The molecule has 6 nitrogen and oxygen atoms in total. The van der Waals surface area contributed by atoms with Crippen molar-refractivity contribution in [3.05, 3.63) is 34.8 Å². The third kappa shape index (κ3) is 8.56. The number of rotatable bonds is 14. The first-order valence-corrected chi connectivity index (χ1v) is 12.5. The lowest BCUT2D eigenvalue weighted by Crippen LogP contribution is -2.13. The van der Waals surface area contributed by atoms with Gasteiger partial charge in [0.25, 0.3) is 0 Å². The number of esters is 1. The van der Waals surface area contributed by atoms with Gasteiger partial charge in [0.2, 0.25) is 5.78 Å². The van der Waals surface area contributed by atoms with E-state index >= 15 is 0 Å². The van der Waals surface area contributed by atoms with Crippen LogP contribution in [0.1, 0.15) is 71.6 Å². The Balaban J connectivity index is 2.82. The maximum Gasteiger partial charge on any atom is 0.305 e. The van der Waals surface area contributed by atoms with Crippen molar-refractivity contribution in [2.75, 3.05) is 12.9 Å². The summed E-state index contributed by atoms with van der Waals surface area (Å²) in [4.78, 5) is 23.7. The van der Waals surface area contributed by atoms with Crippen LogP contribution in [0.25, 0.3) is 0 Å². The third-order valence-corrected chi connectivity index (χ3v) is 6.96. The molecule has 0 heterocycles. The van der Waals surface area contributed by atoms with Crippen LogP contribution in [0.3, 0.4) is 0 Å². The Hall–Kier alpha value is -1.73. The van der Waals surface area contributed by atoms with E-state index in [1.54, 1.807) is 18.2 Å². The summed E-state index contributed by atoms with van der Waals surface area (Å²) in [5.41, 5.74) is 0.451. The zero-order valence-electron chi connectivity index (χ0n) is 18.4. The molecule has 0 aromatic heterocycles. The maximum absolute atomic E-state index is 12.8. The van der Waals surface area contributed by atoms with E-state index in [9.17, 15) is 23.1 Å². The van der Waals surface area contributed by atoms with Crippen molar-refractivity contribution >= 4 is 21.6 Å². The maximum atomic E-state index is 12.8. The second kappa shape index (κ2) is 13.5. The quantitative estimate of drug-likeness (QED) is 0.189. The molecule has 0 amide bonds. The number of aliphatic hydroxyl groups excluding tert-OH is 1. The first-order valence-electron chi connectivity index (χ1n) is 10.9. The highest BCUT2D eigenvalue weighted by molar-refractivity contribution is 7.96. The molecule has 7 heteroatoms. The predicted octanol–water partition coefficient (Wildman–Crippen LogP) is 4.05. The topological polar surface area (TPSA) is 97.7 Å². The fraction of sp³-hybridized carbons (Fsp3) is 0.652. The summed E-state index contributed by atoms with van der Waals surface area (Å²) in [6, 6.07) is 0. The minimum Gasteiger partial charge on any atom is -0.469 e. The van der Waals surface area contributed by atoms with Crippen LogP contribution in [0.2, 0.25) is 0 Å². The lowest BCUT2D eigenvalue weighted by molar-refractivity contribution is -0.140. The van der Waals surface area contributed by atoms with E-state index in [1.165, 1.54) is 20.1 Å². The summed E-state index contributed by atoms with van der Waals surface area (Å²) in [7, 11) is -2.23. The molecule has 0 radical (unpaired) electrons. The number of aliphatic hydroxyl groups is 1. The Kier molecular flexibility index (Phi) is 11.9. The van der Waals surface area contributed by atoms with E-state index in [-0.39, 0.29) is 16.6 Å². The molecule has 0 saturated heterocycles. The van der Waals surface area contributed by atoms with E-state index in [0.717, 1.165) is 32.1 Å². The van der Waals surface area contributed by atoms with Gasteiger partial charge in [0, 0.05) is 17.9 Å². The molecule has 2 unspecified atom stereocenters. The minimum atomic E-state index is -3.60. The Morgan fingerprint density at radius 1 is 1.20 bits per heavy atom. The normalized spacial score (nSPS) is 19.5. The smallest absolute Gasteiger partial charge is 0.305 e. The number of unbranched alkanes of at least 4 members (excludes halogenated alkanes) is 5. The molecule has 0 fully saturated rings. The van der Waals surface area contributed by atoms with Gasteiger partial charge in [-0.3, -0.25) is 9.59 Å². The summed E-state index contributed by atoms with van der Waals surface area (Å²) in [6.45, 7) is 3.62. The number of hydrogen-bond acceptors (Lipinski definition) is 6. The molecule has 1 aliphatic carbocycles. The van der Waals surface area contributed by atoms with E-state index in [1.807, 2.05) is 0 Å². The lowest BCUT2D eigenvalue weighted by atomic mass is 9.98. The molecule has 0 aliphatic heterocycles. The van der Waals surface area contributed by atoms with Gasteiger partial charge in [-0.25, -0.2) is 8.42 Å². The van der Waals surface area contributed by atoms with Crippen molar-refractivity contribution in [2.45, 2.75) is 77.7 Å². The Bertz CT molecular complexity index is 761. The number of carbonyl (C=O) groups is 2. The average Bonchev–Trinajstić information content (AvgIpc) is 3.05. The van der Waals surface area contributed by atoms with E-state index in [2.05, 4.69) is 11.7 Å². The van der Waals surface area contributed by atoms with Crippen molar-refractivity contribution in [1.29, 1.82) is 0 Å². The van der Waals surface area contributed by atoms with E-state index in [4.69, 9.17) is 0 Å². The second-order valence-electron chi connectivity index (χ2n) is 7.57. The minimum absolute atomic E-state index is 0.124.